The second-order valence-electron chi connectivity index (χ2n) is 5.17. The molecule has 2 N–H and O–H groups in total. The molecule has 22 heavy (non-hydrogen) atoms. The number of rotatable bonds is 6. The molecule has 0 aliphatic rings. The van der Waals surface area contributed by atoms with E-state index in [4.69, 9.17) is 0 Å². The highest BCUT2D eigenvalue weighted by atomic mass is 32.1. The molecule has 0 radical (unpaired) electrons. The molecule has 2 rings (SSSR count). The van der Waals surface area contributed by atoms with Gasteiger partial charge in [0, 0.05) is 18.3 Å². The number of hydrogen-bond acceptors (Lipinski definition) is 3. The minimum absolute atomic E-state index is 0.0632. The van der Waals surface area contributed by atoms with Crippen LogP contribution in [0.25, 0.3) is 0 Å². The molecule has 0 atom stereocenters. The summed E-state index contributed by atoms with van der Waals surface area (Å²) in [6.07, 6.45) is 0.817. The predicted molar refractivity (Wildman–Crippen MR) is 89.1 cm³/mol. The lowest BCUT2D eigenvalue weighted by molar-refractivity contribution is -0.119. The van der Waals surface area contributed by atoms with E-state index in [-0.39, 0.29) is 11.8 Å². The molecule has 0 spiro atoms. The Kier molecular flexibility index (Phi) is 5.72. The summed E-state index contributed by atoms with van der Waals surface area (Å²) in [6, 6.07) is 11.9. The first kappa shape index (κ1) is 16.2. The fraction of sp³-hybridized carbons (Fsp3) is 0.294. The van der Waals surface area contributed by atoms with Crippen molar-refractivity contribution in [3.63, 3.8) is 0 Å². The Bertz CT molecular complexity index is 664. The first-order valence-corrected chi connectivity index (χ1v) is 8.03. The maximum absolute atomic E-state index is 12.1. The summed E-state index contributed by atoms with van der Waals surface area (Å²) in [5.41, 5.74) is 2.45. The summed E-state index contributed by atoms with van der Waals surface area (Å²) >= 11 is 1.40. The average molecular weight is 316 g/mol. The first-order chi connectivity index (χ1) is 10.5. The Morgan fingerprint density at radius 1 is 1.14 bits per heavy atom. The molecule has 0 bridgehead atoms. The third-order valence-corrected chi connectivity index (χ3v) is 4.26. The Hall–Kier alpha value is -2.14. The number of carbonyl (C=O) groups is 2. The van der Waals surface area contributed by atoms with Gasteiger partial charge in [-0.25, -0.2) is 0 Å². The molecule has 1 aromatic heterocycles. The topological polar surface area (TPSA) is 58.2 Å². The van der Waals surface area contributed by atoms with E-state index in [1.165, 1.54) is 29.4 Å². The normalized spacial score (nSPS) is 10.3. The van der Waals surface area contributed by atoms with Crippen LogP contribution in [-0.4, -0.2) is 18.4 Å². The Balaban J connectivity index is 1.81. The van der Waals surface area contributed by atoms with Gasteiger partial charge in [0.2, 0.25) is 5.91 Å². The van der Waals surface area contributed by atoms with Crippen LogP contribution in [-0.2, 0) is 17.8 Å². The molecule has 4 nitrogen and oxygen atoms in total. The van der Waals surface area contributed by atoms with Crippen LogP contribution in [0.5, 0.6) is 0 Å². The summed E-state index contributed by atoms with van der Waals surface area (Å²) in [4.78, 5) is 24.6. The van der Waals surface area contributed by atoms with Crippen molar-refractivity contribution in [3.05, 3.63) is 57.3 Å². The maximum Gasteiger partial charge on any atom is 0.261 e. The van der Waals surface area contributed by atoms with E-state index in [1.54, 1.807) is 6.07 Å². The molecule has 0 aliphatic carbocycles. The zero-order valence-electron chi connectivity index (χ0n) is 12.8. The molecule has 0 saturated carbocycles. The quantitative estimate of drug-likeness (QED) is 0.861. The summed E-state index contributed by atoms with van der Waals surface area (Å²) in [5, 5.41) is 5.65. The van der Waals surface area contributed by atoms with Gasteiger partial charge in [-0.1, -0.05) is 29.8 Å². The van der Waals surface area contributed by atoms with E-state index in [0.717, 1.165) is 11.3 Å². The van der Waals surface area contributed by atoms with Crippen LogP contribution in [0.3, 0.4) is 0 Å². The summed E-state index contributed by atoms with van der Waals surface area (Å²) in [7, 11) is 0. The van der Waals surface area contributed by atoms with Crippen LogP contribution >= 0.6 is 11.3 Å². The molecule has 0 fully saturated rings. The third kappa shape index (κ3) is 5.00. The fourth-order valence-corrected chi connectivity index (χ4v) is 2.95. The Labute approximate surface area is 134 Å². The van der Waals surface area contributed by atoms with Gasteiger partial charge < -0.3 is 10.6 Å². The van der Waals surface area contributed by atoms with Crippen molar-refractivity contribution in [3.8, 4) is 0 Å². The number of thiophene rings is 1. The van der Waals surface area contributed by atoms with Gasteiger partial charge in [-0.15, -0.1) is 11.3 Å². The molecule has 0 aliphatic heterocycles. The number of amides is 2. The average Bonchev–Trinajstić information content (AvgIpc) is 2.94. The molecule has 5 heteroatoms. The Morgan fingerprint density at radius 3 is 2.68 bits per heavy atom. The third-order valence-electron chi connectivity index (χ3n) is 3.18. The molecule has 2 amide bonds. The van der Waals surface area contributed by atoms with E-state index < -0.39 is 0 Å². The smallest absolute Gasteiger partial charge is 0.261 e. The lowest BCUT2D eigenvalue weighted by atomic mass is 10.1. The minimum Gasteiger partial charge on any atom is -0.351 e. The van der Waals surface area contributed by atoms with E-state index >= 15 is 0 Å². The van der Waals surface area contributed by atoms with E-state index in [0.29, 0.717) is 18.0 Å². The second kappa shape index (κ2) is 7.75. The number of carbonyl (C=O) groups excluding carboxylic acids is 2. The van der Waals surface area contributed by atoms with Gasteiger partial charge in [-0.2, -0.15) is 0 Å². The van der Waals surface area contributed by atoms with Gasteiger partial charge in [-0.3, -0.25) is 9.59 Å². The van der Waals surface area contributed by atoms with Gasteiger partial charge in [0.25, 0.3) is 5.91 Å². The standard InChI is InChI=1S/C17H20N2O2S/c1-12-4-3-5-14(10-12)8-9-18-17(21)16-7-6-15(22-16)11-19-13(2)20/h3-7,10H,8-9,11H2,1-2H3,(H,18,21)(H,19,20). The van der Waals surface area contributed by atoms with Crippen LogP contribution in [0.4, 0.5) is 0 Å². The van der Waals surface area contributed by atoms with Crippen LogP contribution in [0, 0.1) is 6.92 Å². The van der Waals surface area contributed by atoms with Crippen molar-refractivity contribution in [2.75, 3.05) is 6.54 Å². The van der Waals surface area contributed by atoms with Crippen LogP contribution in [0.2, 0.25) is 0 Å². The van der Waals surface area contributed by atoms with Crippen molar-refractivity contribution < 1.29 is 9.59 Å². The van der Waals surface area contributed by atoms with E-state index in [9.17, 15) is 9.59 Å². The maximum atomic E-state index is 12.1. The molecule has 116 valence electrons. The van der Waals surface area contributed by atoms with Crippen molar-refractivity contribution in [2.45, 2.75) is 26.8 Å². The summed E-state index contributed by atoms with van der Waals surface area (Å²) < 4.78 is 0. The molecule has 2 aromatic rings. The van der Waals surface area contributed by atoms with E-state index in [2.05, 4.69) is 35.8 Å². The van der Waals surface area contributed by atoms with Gasteiger partial charge in [0.15, 0.2) is 0 Å². The van der Waals surface area contributed by atoms with E-state index in [1.807, 2.05) is 12.1 Å². The predicted octanol–water partition coefficient (Wildman–Crippen LogP) is 2.67. The largest absolute Gasteiger partial charge is 0.351 e. The number of benzene rings is 1. The lowest BCUT2D eigenvalue weighted by Crippen LogP contribution is -2.24. The molecule has 1 heterocycles. The minimum atomic E-state index is -0.0717. The van der Waals surface area contributed by atoms with Gasteiger partial charge in [0.05, 0.1) is 11.4 Å². The second-order valence-corrected chi connectivity index (χ2v) is 6.34. The fourth-order valence-electron chi connectivity index (χ4n) is 2.08. The summed E-state index contributed by atoms with van der Waals surface area (Å²) in [6.45, 7) is 4.62. The van der Waals surface area contributed by atoms with Crippen LogP contribution in [0.15, 0.2) is 36.4 Å². The molecular weight excluding hydrogens is 296 g/mol. The Morgan fingerprint density at radius 2 is 1.95 bits per heavy atom. The van der Waals surface area contributed by atoms with Crippen molar-refractivity contribution in [1.82, 2.24) is 10.6 Å². The van der Waals surface area contributed by atoms with Crippen LogP contribution in [0.1, 0.15) is 32.6 Å². The zero-order chi connectivity index (χ0) is 15.9. The highest BCUT2D eigenvalue weighted by molar-refractivity contribution is 7.14. The number of hydrogen-bond donors (Lipinski definition) is 2. The van der Waals surface area contributed by atoms with Crippen molar-refractivity contribution >= 4 is 23.2 Å². The number of nitrogens with one attached hydrogen (secondary N) is 2. The monoisotopic (exact) mass is 316 g/mol. The number of aryl methyl sites for hydroxylation is 1. The van der Waals surface area contributed by atoms with Gasteiger partial charge >= 0.3 is 0 Å². The summed E-state index contributed by atoms with van der Waals surface area (Å²) in [5.74, 6) is -0.135. The molecular formula is C17H20N2O2S. The highest BCUT2D eigenvalue weighted by Crippen LogP contribution is 2.16. The molecule has 1 aromatic carbocycles. The SMILES string of the molecule is CC(=O)NCc1ccc(C(=O)NCCc2cccc(C)c2)s1. The first-order valence-electron chi connectivity index (χ1n) is 7.21. The molecule has 0 saturated heterocycles. The van der Waals surface area contributed by atoms with Gasteiger partial charge in [-0.05, 0) is 31.0 Å². The van der Waals surface area contributed by atoms with Crippen LogP contribution < -0.4 is 10.6 Å². The zero-order valence-corrected chi connectivity index (χ0v) is 13.6. The van der Waals surface area contributed by atoms with Crippen molar-refractivity contribution in [2.24, 2.45) is 0 Å². The van der Waals surface area contributed by atoms with Gasteiger partial charge in [0.1, 0.15) is 0 Å². The highest BCUT2D eigenvalue weighted by Gasteiger charge is 2.09. The van der Waals surface area contributed by atoms with Crippen molar-refractivity contribution in [1.29, 1.82) is 0 Å². The molecule has 0 unspecified atom stereocenters. The lowest BCUT2D eigenvalue weighted by Gasteiger charge is -2.04.